The highest BCUT2D eigenvalue weighted by Crippen LogP contribution is 2.31. The number of benzene rings is 2. The molecule has 1 aliphatic rings. The van der Waals surface area contributed by atoms with Gasteiger partial charge in [0.25, 0.3) is 11.8 Å². The van der Waals surface area contributed by atoms with Crippen LogP contribution in [0.2, 0.25) is 20.1 Å². The zero-order valence-electron chi connectivity index (χ0n) is 11.8. The minimum absolute atomic E-state index is 0.0646. The predicted molar refractivity (Wildman–Crippen MR) is 96.5 cm³/mol. The highest BCUT2D eigenvalue weighted by molar-refractivity contribution is 6.43. The minimum atomic E-state index is -0.554. The molecule has 4 nitrogen and oxygen atoms in total. The summed E-state index contributed by atoms with van der Waals surface area (Å²) in [7, 11) is 0. The highest BCUT2D eigenvalue weighted by Gasteiger charge is 2.34. The standard InChI is InChI=1S/C16H8Cl4N2O2/c17-11-5-4-9(7-13(11)19)22-16(24)10(15(23)21-22)6-8-2-1-3-12(18)14(8)20/h1-7H,(H,21,23)/b10-6+. The molecule has 0 aromatic heterocycles. The molecule has 1 N–H and O–H groups in total. The molecule has 2 aromatic rings. The number of carbonyl (C=O) groups is 2. The number of hydrazine groups is 1. The summed E-state index contributed by atoms with van der Waals surface area (Å²) in [6.45, 7) is 0. The van der Waals surface area contributed by atoms with E-state index in [-0.39, 0.29) is 15.6 Å². The fourth-order valence-electron chi connectivity index (χ4n) is 2.15. The van der Waals surface area contributed by atoms with Crippen molar-refractivity contribution in [1.29, 1.82) is 0 Å². The van der Waals surface area contributed by atoms with Crippen molar-refractivity contribution >= 4 is 70.0 Å². The van der Waals surface area contributed by atoms with Gasteiger partial charge in [-0.3, -0.25) is 15.0 Å². The molecule has 1 saturated heterocycles. The van der Waals surface area contributed by atoms with Gasteiger partial charge in [0, 0.05) is 0 Å². The van der Waals surface area contributed by atoms with Crippen LogP contribution in [0.3, 0.4) is 0 Å². The molecular formula is C16H8Cl4N2O2. The minimum Gasteiger partial charge on any atom is -0.267 e. The zero-order valence-corrected chi connectivity index (χ0v) is 14.8. The summed E-state index contributed by atoms with van der Waals surface area (Å²) in [5.74, 6) is -1.09. The molecule has 0 spiro atoms. The first-order valence-corrected chi connectivity index (χ1v) is 8.16. The SMILES string of the molecule is O=C1NN(c2ccc(Cl)c(Cl)c2)C(=O)/C1=C/c1cccc(Cl)c1Cl. The Kier molecular flexibility index (Phi) is 4.74. The predicted octanol–water partition coefficient (Wildman–Crippen LogP) is 4.76. The van der Waals surface area contributed by atoms with Crippen molar-refractivity contribution in [3.63, 3.8) is 0 Å². The number of amides is 2. The Balaban J connectivity index is 1.98. The molecule has 2 amide bonds. The number of halogens is 4. The summed E-state index contributed by atoms with van der Waals surface area (Å²) in [6.07, 6.45) is 1.39. The first-order valence-electron chi connectivity index (χ1n) is 6.64. The lowest BCUT2D eigenvalue weighted by Gasteiger charge is -2.15. The molecule has 0 bridgehead atoms. The third-order valence-electron chi connectivity index (χ3n) is 3.33. The Morgan fingerprint density at radius 1 is 0.917 bits per heavy atom. The van der Waals surface area contributed by atoms with Gasteiger partial charge in [0.2, 0.25) is 0 Å². The number of nitrogens with one attached hydrogen (secondary N) is 1. The fourth-order valence-corrected chi connectivity index (χ4v) is 2.81. The molecule has 1 fully saturated rings. The molecule has 8 heteroatoms. The summed E-state index contributed by atoms with van der Waals surface area (Å²) in [5, 5.41) is 2.30. The van der Waals surface area contributed by atoms with Crippen LogP contribution in [0.25, 0.3) is 6.08 Å². The molecule has 2 aromatic carbocycles. The van der Waals surface area contributed by atoms with E-state index in [4.69, 9.17) is 46.4 Å². The van der Waals surface area contributed by atoms with Crippen LogP contribution in [0, 0.1) is 0 Å². The first-order chi connectivity index (χ1) is 11.4. The van der Waals surface area contributed by atoms with E-state index in [0.717, 1.165) is 5.01 Å². The second-order valence-corrected chi connectivity index (χ2v) is 6.48. The van der Waals surface area contributed by atoms with Gasteiger partial charge in [-0.1, -0.05) is 58.5 Å². The van der Waals surface area contributed by atoms with E-state index in [1.54, 1.807) is 24.3 Å². The average molecular weight is 402 g/mol. The summed E-state index contributed by atoms with van der Waals surface area (Å²) in [5.41, 5.74) is 3.27. The lowest BCUT2D eigenvalue weighted by Crippen LogP contribution is -2.35. The maximum Gasteiger partial charge on any atom is 0.282 e. The van der Waals surface area contributed by atoms with Crippen molar-refractivity contribution in [2.24, 2.45) is 0 Å². The Labute approximate surface area is 157 Å². The largest absolute Gasteiger partial charge is 0.282 e. The number of nitrogens with zero attached hydrogens (tertiary/aromatic N) is 1. The van der Waals surface area contributed by atoms with Crippen molar-refractivity contribution in [1.82, 2.24) is 5.43 Å². The van der Waals surface area contributed by atoms with Crippen molar-refractivity contribution in [3.05, 3.63) is 67.6 Å². The third-order valence-corrected chi connectivity index (χ3v) is 4.91. The number of rotatable bonds is 2. The monoisotopic (exact) mass is 400 g/mol. The number of hydrogen-bond donors (Lipinski definition) is 1. The van der Waals surface area contributed by atoms with Gasteiger partial charge in [-0.25, -0.2) is 5.01 Å². The second kappa shape index (κ2) is 6.65. The lowest BCUT2D eigenvalue weighted by atomic mass is 10.1. The van der Waals surface area contributed by atoms with Crippen molar-refractivity contribution in [2.45, 2.75) is 0 Å². The Bertz CT molecular complexity index is 896. The Hall–Kier alpha value is -1.72. The number of hydrogen-bond acceptors (Lipinski definition) is 2. The molecule has 24 heavy (non-hydrogen) atoms. The number of anilines is 1. The van der Waals surface area contributed by atoms with Gasteiger partial charge in [-0.2, -0.15) is 0 Å². The first kappa shape index (κ1) is 17.1. The summed E-state index contributed by atoms with van der Waals surface area (Å²) in [6, 6.07) is 9.54. The molecule has 0 radical (unpaired) electrons. The van der Waals surface area contributed by atoms with Crippen LogP contribution in [0.4, 0.5) is 5.69 Å². The Morgan fingerprint density at radius 3 is 2.38 bits per heavy atom. The summed E-state index contributed by atoms with van der Waals surface area (Å²) < 4.78 is 0. The summed E-state index contributed by atoms with van der Waals surface area (Å²) in [4.78, 5) is 24.7. The molecule has 0 atom stereocenters. The summed E-state index contributed by atoms with van der Waals surface area (Å²) >= 11 is 23.8. The van der Waals surface area contributed by atoms with Crippen LogP contribution < -0.4 is 10.4 Å². The quantitative estimate of drug-likeness (QED) is 0.582. The van der Waals surface area contributed by atoms with Crippen molar-refractivity contribution in [2.75, 3.05) is 5.01 Å². The van der Waals surface area contributed by atoms with Gasteiger partial charge in [-0.15, -0.1) is 0 Å². The lowest BCUT2D eigenvalue weighted by molar-refractivity contribution is -0.117. The van der Waals surface area contributed by atoms with E-state index in [1.165, 1.54) is 18.2 Å². The van der Waals surface area contributed by atoms with E-state index >= 15 is 0 Å². The van der Waals surface area contributed by atoms with Gasteiger partial charge in [0.05, 0.1) is 25.8 Å². The van der Waals surface area contributed by atoms with Gasteiger partial charge < -0.3 is 0 Å². The maximum atomic E-state index is 12.5. The smallest absolute Gasteiger partial charge is 0.267 e. The molecule has 122 valence electrons. The van der Waals surface area contributed by atoms with E-state index in [0.29, 0.717) is 21.3 Å². The topological polar surface area (TPSA) is 49.4 Å². The maximum absolute atomic E-state index is 12.5. The molecule has 0 saturated carbocycles. The third kappa shape index (κ3) is 3.10. The highest BCUT2D eigenvalue weighted by atomic mass is 35.5. The zero-order chi connectivity index (χ0) is 17.4. The van der Waals surface area contributed by atoms with Crippen LogP contribution >= 0.6 is 46.4 Å². The molecule has 0 aliphatic carbocycles. The van der Waals surface area contributed by atoms with E-state index in [9.17, 15) is 9.59 Å². The van der Waals surface area contributed by atoms with E-state index < -0.39 is 11.8 Å². The van der Waals surface area contributed by atoms with Gasteiger partial charge in [0.15, 0.2) is 0 Å². The van der Waals surface area contributed by atoms with Crippen LogP contribution in [0.1, 0.15) is 5.56 Å². The van der Waals surface area contributed by atoms with E-state index in [1.807, 2.05) is 0 Å². The molecule has 0 unspecified atom stereocenters. The van der Waals surface area contributed by atoms with Gasteiger partial charge in [0.1, 0.15) is 5.57 Å². The molecule has 1 aliphatic heterocycles. The Morgan fingerprint density at radius 2 is 1.67 bits per heavy atom. The normalized spacial score (nSPS) is 16.0. The van der Waals surface area contributed by atoms with Crippen molar-refractivity contribution < 1.29 is 9.59 Å². The van der Waals surface area contributed by atoms with Crippen LogP contribution in [0.5, 0.6) is 0 Å². The van der Waals surface area contributed by atoms with Gasteiger partial charge in [-0.05, 0) is 35.9 Å². The molecular weight excluding hydrogens is 394 g/mol. The van der Waals surface area contributed by atoms with Gasteiger partial charge >= 0.3 is 0 Å². The van der Waals surface area contributed by atoms with Crippen molar-refractivity contribution in [3.8, 4) is 0 Å². The van der Waals surface area contributed by atoms with E-state index in [2.05, 4.69) is 5.43 Å². The second-order valence-electron chi connectivity index (χ2n) is 4.88. The fraction of sp³-hybridized carbons (Fsp3) is 0. The number of carbonyl (C=O) groups excluding carboxylic acids is 2. The van der Waals surface area contributed by atoms with Crippen LogP contribution in [-0.4, -0.2) is 11.8 Å². The molecule has 3 rings (SSSR count). The van der Waals surface area contributed by atoms with Crippen LogP contribution in [0.15, 0.2) is 42.0 Å². The molecule has 1 heterocycles. The van der Waals surface area contributed by atoms with Crippen LogP contribution in [-0.2, 0) is 9.59 Å². The average Bonchev–Trinajstić information content (AvgIpc) is 2.82.